The summed E-state index contributed by atoms with van der Waals surface area (Å²) in [7, 11) is 0. The highest BCUT2D eigenvalue weighted by molar-refractivity contribution is 5.73. The first kappa shape index (κ1) is 13.7. The van der Waals surface area contributed by atoms with E-state index in [1.807, 2.05) is 30.0 Å². The van der Waals surface area contributed by atoms with Gasteiger partial charge in [-0.1, -0.05) is 6.07 Å². The summed E-state index contributed by atoms with van der Waals surface area (Å²) >= 11 is 0. The van der Waals surface area contributed by atoms with Crippen LogP contribution in [0.4, 0.5) is 0 Å². The lowest BCUT2D eigenvalue weighted by Crippen LogP contribution is -2.37. The average molecular weight is 285 g/mol. The Kier molecular flexibility index (Phi) is 3.68. The lowest BCUT2D eigenvalue weighted by atomic mass is 9.97. The third kappa shape index (κ3) is 2.94. The zero-order valence-electron chi connectivity index (χ0n) is 12.3. The molecule has 2 aromatic heterocycles. The minimum absolute atomic E-state index is 0.125. The smallest absolute Gasteiger partial charge is 0.219 e. The molecule has 0 radical (unpaired) electrons. The van der Waals surface area contributed by atoms with Crippen molar-refractivity contribution in [2.24, 2.45) is 0 Å². The number of hydrogen-bond donors (Lipinski definition) is 1. The van der Waals surface area contributed by atoms with Gasteiger partial charge in [-0.3, -0.25) is 9.89 Å². The predicted octanol–water partition coefficient (Wildman–Crippen LogP) is 1.90. The summed E-state index contributed by atoms with van der Waals surface area (Å²) in [4.78, 5) is 22.4. The third-order valence-corrected chi connectivity index (χ3v) is 3.87. The summed E-state index contributed by atoms with van der Waals surface area (Å²) in [6.07, 6.45) is 2.03. The first-order valence-corrected chi connectivity index (χ1v) is 7.25. The van der Waals surface area contributed by atoms with Crippen molar-refractivity contribution < 1.29 is 4.79 Å². The minimum atomic E-state index is 0.125. The lowest BCUT2D eigenvalue weighted by molar-refractivity contribution is -0.130. The average Bonchev–Trinajstić information content (AvgIpc) is 2.97. The van der Waals surface area contributed by atoms with Gasteiger partial charge in [0.1, 0.15) is 11.5 Å². The molecule has 1 fully saturated rings. The molecule has 0 spiro atoms. The van der Waals surface area contributed by atoms with E-state index in [9.17, 15) is 4.79 Å². The van der Waals surface area contributed by atoms with E-state index in [1.54, 1.807) is 6.92 Å². The van der Waals surface area contributed by atoms with E-state index < -0.39 is 0 Å². The Morgan fingerprint density at radius 3 is 3.00 bits per heavy atom. The van der Waals surface area contributed by atoms with Crippen molar-refractivity contribution in [3.63, 3.8) is 0 Å². The quantitative estimate of drug-likeness (QED) is 0.914. The van der Waals surface area contributed by atoms with Crippen LogP contribution in [0.25, 0.3) is 11.5 Å². The number of H-pyrrole nitrogens is 1. The first-order valence-electron chi connectivity index (χ1n) is 7.25. The van der Waals surface area contributed by atoms with Crippen LogP contribution < -0.4 is 0 Å². The van der Waals surface area contributed by atoms with Crippen LogP contribution in [0, 0.1) is 6.92 Å². The van der Waals surface area contributed by atoms with Gasteiger partial charge in [0.25, 0.3) is 0 Å². The van der Waals surface area contributed by atoms with Gasteiger partial charge in [-0.15, -0.1) is 0 Å². The monoisotopic (exact) mass is 285 g/mol. The maximum Gasteiger partial charge on any atom is 0.219 e. The van der Waals surface area contributed by atoms with Crippen LogP contribution in [-0.4, -0.2) is 44.1 Å². The molecule has 1 aliphatic rings. The fourth-order valence-corrected chi connectivity index (χ4v) is 2.73. The number of nitrogens with one attached hydrogen (secondary N) is 1. The molecule has 3 heterocycles. The number of rotatable bonds is 2. The van der Waals surface area contributed by atoms with Gasteiger partial charge in [0, 0.05) is 31.6 Å². The molecule has 1 atom stereocenters. The Bertz CT molecular complexity index is 651. The second kappa shape index (κ2) is 5.63. The Morgan fingerprint density at radius 1 is 1.38 bits per heavy atom. The number of pyridine rings is 1. The Labute approximate surface area is 123 Å². The Hall–Kier alpha value is -2.24. The van der Waals surface area contributed by atoms with E-state index in [0.717, 1.165) is 36.6 Å². The number of piperidine rings is 1. The van der Waals surface area contributed by atoms with Gasteiger partial charge in [-0.2, -0.15) is 5.10 Å². The van der Waals surface area contributed by atoms with Crippen molar-refractivity contribution >= 4 is 5.91 Å². The summed E-state index contributed by atoms with van der Waals surface area (Å²) in [6, 6.07) is 5.80. The van der Waals surface area contributed by atoms with Gasteiger partial charge < -0.3 is 4.90 Å². The topological polar surface area (TPSA) is 74.8 Å². The van der Waals surface area contributed by atoms with Gasteiger partial charge in [0.05, 0.1) is 0 Å². The summed E-state index contributed by atoms with van der Waals surface area (Å²) in [5.41, 5.74) is 1.72. The minimum Gasteiger partial charge on any atom is -0.342 e. The van der Waals surface area contributed by atoms with Crippen LogP contribution >= 0.6 is 0 Å². The van der Waals surface area contributed by atoms with Gasteiger partial charge in [-0.25, -0.2) is 9.97 Å². The molecule has 6 nitrogen and oxygen atoms in total. The van der Waals surface area contributed by atoms with Gasteiger partial charge in [-0.05, 0) is 31.9 Å². The van der Waals surface area contributed by atoms with E-state index in [2.05, 4.69) is 20.2 Å². The number of carbonyl (C=O) groups is 1. The molecule has 110 valence electrons. The fraction of sp³-hybridized carbons (Fsp3) is 0.467. The summed E-state index contributed by atoms with van der Waals surface area (Å²) in [5.74, 6) is 1.82. The maximum atomic E-state index is 11.5. The molecular formula is C15H19N5O. The molecule has 1 amide bonds. The van der Waals surface area contributed by atoms with Crippen LogP contribution in [-0.2, 0) is 4.79 Å². The molecule has 1 N–H and O–H groups in total. The normalized spacial score (nSPS) is 18.8. The molecule has 0 aliphatic carbocycles. The van der Waals surface area contributed by atoms with E-state index >= 15 is 0 Å². The number of aryl methyl sites for hydroxylation is 1. The van der Waals surface area contributed by atoms with Crippen molar-refractivity contribution in [2.45, 2.75) is 32.6 Å². The second-order valence-electron chi connectivity index (χ2n) is 5.51. The summed E-state index contributed by atoms with van der Waals surface area (Å²) in [5, 5.41) is 7.28. The highest BCUT2D eigenvalue weighted by Gasteiger charge is 2.25. The van der Waals surface area contributed by atoms with Crippen LogP contribution in [0.3, 0.4) is 0 Å². The van der Waals surface area contributed by atoms with Crippen molar-refractivity contribution in [3.05, 3.63) is 29.7 Å². The van der Waals surface area contributed by atoms with Crippen molar-refractivity contribution in [3.8, 4) is 11.5 Å². The van der Waals surface area contributed by atoms with Gasteiger partial charge in [0.2, 0.25) is 5.91 Å². The number of hydrogen-bond acceptors (Lipinski definition) is 4. The molecule has 3 rings (SSSR count). The van der Waals surface area contributed by atoms with E-state index in [0.29, 0.717) is 12.4 Å². The van der Waals surface area contributed by atoms with Crippen molar-refractivity contribution in [1.29, 1.82) is 0 Å². The molecule has 1 saturated heterocycles. The van der Waals surface area contributed by atoms with Crippen molar-refractivity contribution in [2.75, 3.05) is 13.1 Å². The number of likely N-dealkylation sites (tertiary alicyclic amines) is 1. The summed E-state index contributed by atoms with van der Waals surface area (Å²) in [6.45, 7) is 5.12. The molecule has 2 aromatic rings. The zero-order valence-corrected chi connectivity index (χ0v) is 12.3. The van der Waals surface area contributed by atoms with Crippen LogP contribution in [0.15, 0.2) is 18.2 Å². The summed E-state index contributed by atoms with van der Waals surface area (Å²) < 4.78 is 0. The van der Waals surface area contributed by atoms with E-state index in [4.69, 9.17) is 0 Å². The molecule has 21 heavy (non-hydrogen) atoms. The fourth-order valence-electron chi connectivity index (χ4n) is 2.73. The van der Waals surface area contributed by atoms with Crippen LogP contribution in [0.1, 0.15) is 37.2 Å². The number of amides is 1. The standard InChI is InChI=1S/C15H19N5O/c1-10-5-3-7-13(16-10)15-17-14(18-19-15)12-6-4-8-20(9-12)11(2)21/h3,5,7,12H,4,6,8-9H2,1-2H3,(H,17,18,19). The van der Waals surface area contributed by atoms with Crippen molar-refractivity contribution in [1.82, 2.24) is 25.1 Å². The number of aromatic amines is 1. The molecule has 1 aliphatic heterocycles. The molecule has 0 bridgehead atoms. The first-order chi connectivity index (χ1) is 10.1. The molecule has 6 heteroatoms. The number of nitrogens with zero attached hydrogens (tertiary/aromatic N) is 4. The zero-order chi connectivity index (χ0) is 14.8. The van der Waals surface area contributed by atoms with E-state index in [-0.39, 0.29) is 11.8 Å². The Balaban J connectivity index is 1.80. The number of aromatic nitrogens is 4. The van der Waals surface area contributed by atoms with Gasteiger partial charge >= 0.3 is 0 Å². The predicted molar refractivity (Wildman–Crippen MR) is 78.6 cm³/mol. The molecule has 0 aromatic carbocycles. The number of carbonyl (C=O) groups excluding carboxylic acids is 1. The highest BCUT2D eigenvalue weighted by Crippen LogP contribution is 2.25. The molecular weight excluding hydrogens is 266 g/mol. The van der Waals surface area contributed by atoms with E-state index in [1.165, 1.54) is 0 Å². The SMILES string of the molecule is CC(=O)N1CCCC(c2nc(-c3cccc(C)n3)n[nH]2)C1. The Morgan fingerprint density at radius 2 is 2.24 bits per heavy atom. The highest BCUT2D eigenvalue weighted by atomic mass is 16.2. The molecule has 1 unspecified atom stereocenters. The second-order valence-corrected chi connectivity index (χ2v) is 5.51. The largest absolute Gasteiger partial charge is 0.342 e. The maximum absolute atomic E-state index is 11.5. The van der Waals surface area contributed by atoms with Crippen LogP contribution in [0.5, 0.6) is 0 Å². The van der Waals surface area contributed by atoms with Crippen LogP contribution in [0.2, 0.25) is 0 Å². The van der Waals surface area contributed by atoms with Gasteiger partial charge in [0.15, 0.2) is 5.82 Å². The molecule has 0 saturated carbocycles. The third-order valence-electron chi connectivity index (χ3n) is 3.87. The lowest BCUT2D eigenvalue weighted by Gasteiger charge is -2.30.